The highest BCUT2D eigenvalue weighted by atomic mass is 35.5. The van der Waals surface area contributed by atoms with Crippen molar-refractivity contribution < 1.29 is 4.74 Å². The molecule has 0 aliphatic heterocycles. The van der Waals surface area contributed by atoms with Crippen LogP contribution >= 0.6 is 11.6 Å². The van der Waals surface area contributed by atoms with Gasteiger partial charge in [0.25, 0.3) is 0 Å². The minimum atomic E-state index is 0.459. The summed E-state index contributed by atoms with van der Waals surface area (Å²) in [6.45, 7) is 0. The van der Waals surface area contributed by atoms with E-state index < -0.39 is 0 Å². The molecule has 0 amide bonds. The van der Waals surface area contributed by atoms with E-state index in [2.05, 4.69) is 15.3 Å². The van der Waals surface area contributed by atoms with Crippen LogP contribution in [0.15, 0.2) is 30.7 Å². The number of aromatic nitrogens is 2. The summed E-state index contributed by atoms with van der Waals surface area (Å²) in [5, 5.41) is 3.59. The first-order valence-corrected chi connectivity index (χ1v) is 6.07. The van der Waals surface area contributed by atoms with E-state index >= 15 is 0 Å². The van der Waals surface area contributed by atoms with Crippen LogP contribution < -0.4 is 15.0 Å². The fourth-order valence-electron chi connectivity index (χ4n) is 1.59. The van der Waals surface area contributed by atoms with Crippen molar-refractivity contribution in [3.05, 3.63) is 35.7 Å². The van der Waals surface area contributed by atoms with E-state index in [1.165, 1.54) is 12.5 Å². The Hall–Kier alpha value is -2.01. The average Bonchev–Trinajstić information content (AvgIpc) is 2.41. The molecule has 0 aliphatic carbocycles. The van der Waals surface area contributed by atoms with Gasteiger partial charge >= 0.3 is 0 Å². The Morgan fingerprint density at radius 2 is 2.11 bits per heavy atom. The number of hydrogen-bond acceptors (Lipinski definition) is 5. The molecule has 1 aromatic carbocycles. The van der Waals surface area contributed by atoms with E-state index in [0.29, 0.717) is 10.8 Å². The van der Waals surface area contributed by atoms with Gasteiger partial charge in [-0.05, 0) is 12.1 Å². The average molecular weight is 279 g/mol. The topological polar surface area (TPSA) is 50.3 Å². The largest absolute Gasteiger partial charge is 0.494 e. The normalized spacial score (nSPS) is 10.1. The van der Waals surface area contributed by atoms with E-state index in [9.17, 15) is 0 Å². The number of ether oxygens (including phenoxy) is 1. The smallest absolute Gasteiger partial charge is 0.152 e. The van der Waals surface area contributed by atoms with Crippen LogP contribution in [0.3, 0.4) is 0 Å². The summed E-state index contributed by atoms with van der Waals surface area (Å²) in [6.07, 6.45) is 2.98. The second-order valence-electron chi connectivity index (χ2n) is 4.12. The second-order valence-corrected chi connectivity index (χ2v) is 4.53. The zero-order chi connectivity index (χ0) is 13.8. The van der Waals surface area contributed by atoms with Crippen molar-refractivity contribution in [2.45, 2.75) is 0 Å². The van der Waals surface area contributed by atoms with Crippen LogP contribution in [0.5, 0.6) is 5.75 Å². The fraction of sp³-hybridized carbons (Fsp3) is 0.231. The minimum absolute atomic E-state index is 0.459. The standard InChI is InChI=1S/C13H15ClN4O/c1-18(2)9-4-5-11(12(6-9)19-3)17-13-10(14)7-15-8-16-13/h4-8H,1-3H3,(H,15,16,17). The van der Waals surface area contributed by atoms with Crippen molar-refractivity contribution in [1.82, 2.24) is 9.97 Å². The number of nitrogens with one attached hydrogen (secondary N) is 1. The highest BCUT2D eigenvalue weighted by molar-refractivity contribution is 6.32. The zero-order valence-electron chi connectivity index (χ0n) is 11.0. The third kappa shape index (κ3) is 3.06. The maximum atomic E-state index is 6.01. The van der Waals surface area contributed by atoms with Crippen LogP contribution in [0.4, 0.5) is 17.2 Å². The number of anilines is 3. The molecule has 0 saturated carbocycles. The maximum absolute atomic E-state index is 6.01. The quantitative estimate of drug-likeness (QED) is 0.932. The number of hydrogen-bond donors (Lipinski definition) is 1. The van der Waals surface area contributed by atoms with Gasteiger partial charge in [0.15, 0.2) is 5.82 Å². The summed E-state index contributed by atoms with van der Waals surface area (Å²) >= 11 is 6.01. The molecule has 2 aromatic rings. The summed E-state index contributed by atoms with van der Waals surface area (Å²) in [7, 11) is 5.58. The summed E-state index contributed by atoms with van der Waals surface area (Å²) in [4.78, 5) is 9.94. The molecule has 0 atom stereocenters. The maximum Gasteiger partial charge on any atom is 0.152 e. The SMILES string of the molecule is COc1cc(N(C)C)ccc1Nc1ncncc1Cl. The van der Waals surface area contributed by atoms with Crippen LogP contribution in [-0.4, -0.2) is 31.2 Å². The Bertz CT molecular complexity index is 574. The molecule has 5 nitrogen and oxygen atoms in total. The molecule has 6 heteroatoms. The highest BCUT2D eigenvalue weighted by Crippen LogP contribution is 2.32. The van der Waals surface area contributed by atoms with Crippen LogP contribution in [-0.2, 0) is 0 Å². The molecule has 0 unspecified atom stereocenters. The Balaban J connectivity index is 2.33. The van der Waals surface area contributed by atoms with E-state index in [1.807, 2.05) is 37.2 Å². The molecular weight excluding hydrogens is 264 g/mol. The number of benzene rings is 1. The lowest BCUT2D eigenvalue weighted by molar-refractivity contribution is 0.417. The molecule has 19 heavy (non-hydrogen) atoms. The van der Waals surface area contributed by atoms with Gasteiger partial charge in [-0.25, -0.2) is 9.97 Å². The van der Waals surface area contributed by atoms with Crippen molar-refractivity contribution >= 4 is 28.8 Å². The van der Waals surface area contributed by atoms with Gasteiger partial charge in [-0.2, -0.15) is 0 Å². The Morgan fingerprint density at radius 3 is 2.74 bits per heavy atom. The van der Waals surface area contributed by atoms with Crippen LogP contribution in [0.25, 0.3) is 0 Å². The predicted molar refractivity (Wildman–Crippen MR) is 77.6 cm³/mol. The third-order valence-corrected chi connectivity index (χ3v) is 2.90. The van der Waals surface area contributed by atoms with Crippen LogP contribution in [0.2, 0.25) is 5.02 Å². The third-order valence-electron chi connectivity index (χ3n) is 2.62. The molecule has 100 valence electrons. The molecule has 0 radical (unpaired) electrons. The second kappa shape index (κ2) is 5.75. The summed E-state index contributed by atoms with van der Waals surface area (Å²) < 4.78 is 5.37. The summed E-state index contributed by atoms with van der Waals surface area (Å²) in [5.74, 6) is 1.27. The fourth-order valence-corrected chi connectivity index (χ4v) is 1.75. The molecular formula is C13H15ClN4O. The predicted octanol–water partition coefficient (Wildman–Crippen LogP) is 2.95. The highest BCUT2D eigenvalue weighted by Gasteiger charge is 2.08. The van der Waals surface area contributed by atoms with Crippen molar-refractivity contribution in [1.29, 1.82) is 0 Å². The van der Waals surface area contributed by atoms with Crippen LogP contribution in [0, 0.1) is 0 Å². The van der Waals surface area contributed by atoms with Crippen molar-refractivity contribution in [3.63, 3.8) is 0 Å². The van der Waals surface area contributed by atoms with Gasteiger partial charge in [0.1, 0.15) is 17.1 Å². The van der Waals surface area contributed by atoms with E-state index in [-0.39, 0.29) is 0 Å². The number of methoxy groups -OCH3 is 1. The lowest BCUT2D eigenvalue weighted by Crippen LogP contribution is -2.09. The molecule has 0 bridgehead atoms. The zero-order valence-corrected chi connectivity index (χ0v) is 11.8. The van der Waals surface area contributed by atoms with Gasteiger partial charge in [0.05, 0.1) is 19.0 Å². The van der Waals surface area contributed by atoms with Crippen LogP contribution in [0.1, 0.15) is 0 Å². The van der Waals surface area contributed by atoms with Crippen molar-refractivity contribution in [2.24, 2.45) is 0 Å². The number of rotatable bonds is 4. The first kappa shape index (κ1) is 13.4. The lowest BCUT2D eigenvalue weighted by Gasteiger charge is -2.16. The molecule has 1 heterocycles. The molecule has 0 aliphatic rings. The first-order chi connectivity index (χ1) is 9.11. The molecule has 0 saturated heterocycles. The molecule has 1 N–H and O–H groups in total. The Labute approximate surface area is 117 Å². The van der Waals surface area contributed by atoms with Gasteiger partial charge in [-0.3, -0.25) is 0 Å². The monoisotopic (exact) mass is 278 g/mol. The van der Waals surface area contributed by atoms with Gasteiger partial charge in [-0.1, -0.05) is 11.6 Å². The van der Waals surface area contributed by atoms with Crippen molar-refractivity contribution in [3.8, 4) is 5.75 Å². The lowest BCUT2D eigenvalue weighted by atomic mass is 10.2. The Kier molecular flexibility index (Phi) is 4.06. The van der Waals surface area contributed by atoms with Gasteiger partial charge in [0.2, 0.25) is 0 Å². The Morgan fingerprint density at radius 1 is 1.32 bits per heavy atom. The first-order valence-electron chi connectivity index (χ1n) is 5.69. The van der Waals surface area contributed by atoms with Gasteiger partial charge < -0.3 is 15.0 Å². The van der Waals surface area contributed by atoms with Gasteiger partial charge in [0, 0.05) is 25.8 Å². The molecule has 2 rings (SSSR count). The van der Waals surface area contributed by atoms with Crippen molar-refractivity contribution in [2.75, 3.05) is 31.4 Å². The van der Waals surface area contributed by atoms with E-state index in [4.69, 9.17) is 16.3 Å². The minimum Gasteiger partial charge on any atom is -0.494 e. The number of nitrogens with zero attached hydrogens (tertiary/aromatic N) is 3. The molecule has 1 aromatic heterocycles. The van der Waals surface area contributed by atoms with Gasteiger partial charge in [-0.15, -0.1) is 0 Å². The summed E-state index contributed by atoms with van der Waals surface area (Å²) in [6, 6.07) is 5.85. The summed E-state index contributed by atoms with van der Waals surface area (Å²) in [5.41, 5.74) is 1.85. The number of halogens is 1. The molecule has 0 fully saturated rings. The van der Waals surface area contributed by atoms with E-state index in [0.717, 1.165) is 17.1 Å². The molecule has 0 spiro atoms. The van der Waals surface area contributed by atoms with E-state index in [1.54, 1.807) is 7.11 Å².